The molecule has 0 amide bonds. The Hall–Kier alpha value is -2.43. The SMILES string of the molecule is CCOC(=O)c1cccnc1NC(C)c1ccccn1. The topological polar surface area (TPSA) is 64.1 Å². The summed E-state index contributed by atoms with van der Waals surface area (Å²) in [6.07, 6.45) is 3.37. The maximum absolute atomic E-state index is 11.9. The van der Waals surface area contributed by atoms with E-state index in [1.807, 2.05) is 25.1 Å². The highest BCUT2D eigenvalue weighted by Crippen LogP contribution is 2.19. The average molecular weight is 271 g/mol. The Bertz CT molecular complexity index is 572. The van der Waals surface area contributed by atoms with E-state index in [4.69, 9.17) is 4.74 Å². The van der Waals surface area contributed by atoms with Crippen LogP contribution in [0.2, 0.25) is 0 Å². The number of ether oxygens (including phenoxy) is 1. The quantitative estimate of drug-likeness (QED) is 0.847. The lowest BCUT2D eigenvalue weighted by Gasteiger charge is -2.16. The molecule has 5 nitrogen and oxygen atoms in total. The third kappa shape index (κ3) is 3.32. The van der Waals surface area contributed by atoms with Crippen molar-refractivity contribution in [3.05, 3.63) is 54.0 Å². The van der Waals surface area contributed by atoms with E-state index in [0.29, 0.717) is 18.0 Å². The van der Waals surface area contributed by atoms with E-state index in [9.17, 15) is 4.79 Å². The van der Waals surface area contributed by atoms with Crippen molar-refractivity contribution >= 4 is 11.8 Å². The summed E-state index contributed by atoms with van der Waals surface area (Å²) in [4.78, 5) is 20.4. The van der Waals surface area contributed by atoms with E-state index in [-0.39, 0.29) is 12.0 Å². The minimum atomic E-state index is -0.378. The van der Waals surface area contributed by atoms with Gasteiger partial charge in [-0.25, -0.2) is 9.78 Å². The summed E-state index contributed by atoms with van der Waals surface area (Å²) in [5.41, 5.74) is 1.31. The minimum absolute atomic E-state index is 0.0562. The van der Waals surface area contributed by atoms with Gasteiger partial charge in [-0.3, -0.25) is 4.98 Å². The van der Waals surface area contributed by atoms with Crippen LogP contribution in [0.3, 0.4) is 0 Å². The summed E-state index contributed by atoms with van der Waals surface area (Å²) in [5.74, 6) is 0.125. The van der Waals surface area contributed by atoms with E-state index in [2.05, 4.69) is 15.3 Å². The van der Waals surface area contributed by atoms with Gasteiger partial charge in [-0.2, -0.15) is 0 Å². The molecule has 0 aliphatic heterocycles. The Balaban J connectivity index is 2.19. The molecule has 2 heterocycles. The lowest BCUT2D eigenvalue weighted by atomic mass is 10.2. The smallest absolute Gasteiger partial charge is 0.341 e. The monoisotopic (exact) mass is 271 g/mol. The zero-order valence-corrected chi connectivity index (χ0v) is 11.5. The number of rotatable bonds is 5. The first-order valence-electron chi connectivity index (χ1n) is 6.52. The van der Waals surface area contributed by atoms with Crippen LogP contribution in [0.25, 0.3) is 0 Å². The van der Waals surface area contributed by atoms with Crippen LogP contribution in [-0.2, 0) is 4.74 Å². The Labute approximate surface area is 118 Å². The highest BCUT2D eigenvalue weighted by molar-refractivity contribution is 5.94. The second-order valence-electron chi connectivity index (χ2n) is 4.24. The van der Waals surface area contributed by atoms with Crippen LogP contribution in [0.15, 0.2) is 42.7 Å². The first kappa shape index (κ1) is 14.0. The molecule has 0 bridgehead atoms. The molecule has 1 unspecified atom stereocenters. The molecule has 1 atom stereocenters. The van der Waals surface area contributed by atoms with E-state index < -0.39 is 0 Å². The molecule has 20 heavy (non-hydrogen) atoms. The normalized spacial score (nSPS) is 11.7. The molecule has 0 saturated carbocycles. The van der Waals surface area contributed by atoms with Crippen LogP contribution in [0.1, 0.15) is 35.9 Å². The molecular weight excluding hydrogens is 254 g/mol. The van der Waals surface area contributed by atoms with Crippen LogP contribution in [0.5, 0.6) is 0 Å². The number of carbonyl (C=O) groups is 1. The molecule has 0 radical (unpaired) electrons. The summed E-state index contributed by atoms with van der Waals surface area (Å²) in [5, 5.41) is 3.19. The Kier molecular flexibility index (Phi) is 4.65. The summed E-state index contributed by atoms with van der Waals surface area (Å²) in [7, 11) is 0. The number of carbonyl (C=O) groups excluding carboxylic acids is 1. The summed E-state index contributed by atoms with van der Waals surface area (Å²) in [6, 6.07) is 9.05. The fourth-order valence-electron chi connectivity index (χ4n) is 1.81. The van der Waals surface area contributed by atoms with E-state index >= 15 is 0 Å². The predicted octanol–water partition coefficient (Wildman–Crippen LogP) is 2.83. The van der Waals surface area contributed by atoms with Gasteiger partial charge in [0.15, 0.2) is 0 Å². The molecule has 1 N–H and O–H groups in total. The van der Waals surface area contributed by atoms with Crippen molar-refractivity contribution in [2.75, 3.05) is 11.9 Å². The second-order valence-corrected chi connectivity index (χ2v) is 4.24. The molecule has 0 spiro atoms. The van der Waals surface area contributed by atoms with Gasteiger partial charge in [0.25, 0.3) is 0 Å². The van der Waals surface area contributed by atoms with Gasteiger partial charge >= 0.3 is 5.97 Å². The zero-order valence-electron chi connectivity index (χ0n) is 11.5. The standard InChI is InChI=1S/C15H17N3O2/c1-3-20-15(19)12-7-6-10-17-14(12)18-11(2)13-8-4-5-9-16-13/h4-11H,3H2,1-2H3,(H,17,18). The molecule has 5 heteroatoms. The van der Waals surface area contributed by atoms with E-state index in [0.717, 1.165) is 5.69 Å². The second kappa shape index (κ2) is 6.65. The number of pyridine rings is 2. The number of hydrogen-bond acceptors (Lipinski definition) is 5. The Morgan fingerprint density at radius 3 is 2.75 bits per heavy atom. The lowest BCUT2D eigenvalue weighted by Crippen LogP contribution is -2.14. The number of esters is 1. The van der Waals surface area contributed by atoms with Crippen LogP contribution in [0.4, 0.5) is 5.82 Å². The zero-order chi connectivity index (χ0) is 14.4. The average Bonchev–Trinajstić information content (AvgIpc) is 2.49. The molecular formula is C15H17N3O2. The Morgan fingerprint density at radius 2 is 2.05 bits per heavy atom. The minimum Gasteiger partial charge on any atom is -0.462 e. The van der Waals surface area contributed by atoms with Crippen molar-refractivity contribution in [3.63, 3.8) is 0 Å². The van der Waals surface area contributed by atoms with E-state index in [1.54, 1.807) is 31.5 Å². The summed E-state index contributed by atoms with van der Waals surface area (Å²) >= 11 is 0. The molecule has 0 fully saturated rings. The largest absolute Gasteiger partial charge is 0.462 e. The molecule has 0 saturated heterocycles. The summed E-state index contributed by atoms with van der Waals surface area (Å²) < 4.78 is 5.02. The van der Waals surface area contributed by atoms with Crippen molar-refractivity contribution in [1.29, 1.82) is 0 Å². The molecule has 0 aliphatic rings. The number of aromatic nitrogens is 2. The van der Waals surface area contributed by atoms with Crippen molar-refractivity contribution in [2.24, 2.45) is 0 Å². The number of nitrogens with zero attached hydrogens (tertiary/aromatic N) is 2. The van der Waals surface area contributed by atoms with Gasteiger partial charge in [0.2, 0.25) is 0 Å². The molecule has 2 rings (SSSR count). The number of hydrogen-bond donors (Lipinski definition) is 1. The molecule has 0 aromatic carbocycles. The van der Waals surface area contributed by atoms with Crippen molar-refractivity contribution in [2.45, 2.75) is 19.9 Å². The lowest BCUT2D eigenvalue weighted by molar-refractivity contribution is 0.0527. The third-order valence-electron chi connectivity index (χ3n) is 2.79. The fraction of sp³-hybridized carbons (Fsp3) is 0.267. The fourth-order valence-corrected chi connectivity index (χ4v) is 1.81. The first-order valence-corrected chi connectivity index (χ1v) is 6.52. The van der Waals surface area contributed by atoms with Crippen molar-refractivity contribution in [3.8, 4) is 0 Å². The number of anilines is 1. The van der Waals surface area contributed by atoms with Crippen LogP contribution in [-0.4, -0.2) is 22.5 Å². The Morgan fingerprint density at radius 1 is 1.25 bits per heavy atom. The molecule has 0 aliphatic carbocycles. The summed E-state index contributed by atoms with van der Waals surface area (Å²) in [6.45, 7) is 4.08. The highest BCUT2D eigenvalue weighted by atomic mass is 16.5. The molecule has 2 aromatic rings. The van der Waals surface area contributed by atoms with Gasteiger partial charge in [0.05, 0.1) is 18.3 Å². The van der Waals surface area contributed by atoms with Gasteiger partial charge in [0, 0.05) is 12.4 Å². The maximum atomic E-state index is 11.9. The van der Waals surface area contributed by atoms with Crippen LogP contribution < -0.4 is 5.32 Å². The first-order chi connectivity index (χ1) is 9.72. The van der Waals surface area contributed by atoms with Gasteiger partial charge in [-0.15, -0.1) is 0 Å². The van der Waals surface area contributed by atoms with Gasteiger partial charge in [-0.1, -0.05) is 6.07 Å². The highest BCUT2D eigenvalue weighted by Gasteiger charge is 2.15. The van der Waals surface area contributed by atoms with Crippen molar-refractivity contribution < 1.29 is 9.53 Å². The van der Waals surface area contributed by atoms with Crippen molar-refractivity contribution in [1.82, 2.24) is 9.97 Å². The van der Waals surface area contributed by atoms with Gasteiger partial charge in [0.1, 0.15) is 11.4 Å². The van der Waals surface area contributed by atoms with E-state index in [1.165, 1.54) is 0 Å². The third-order valence-corrected chi connectivity index (χ3v) is 2.79. The predicted molar refractivity (Wildman–Crippen MR) is 76.5 cm³/mol. The van der Waals surface area contributed by atoms with Crippen LogP contribution >= 0.6 is 0 Å². The molecule has 104 valence electrons. The van der Waals surface area contributed by atoms with Gasteiger partial charge < -0.3 is 10.1 Å². The molecule has 2 aromatic heterocycles. The van der Waals surface area contributed by atoms with Gasteiger partial charge in [-0.05, 0) is 38.1 Å². The maximum Gasteiger partial charge on any atom is 0.341 e. The number of nitrogens with one attached hydrogen (secondary N) is 1. The van der Waals surface area contributed by atoms with Crippen LogP contribution in [0, 0.1) is 0 Å².